The molecule has 1 unspecified atom stereocenters. The lowest BCUT2D eigenvalue weighted by Gasteiger charge is -2.17. The van der Waals surface area contributed by atoms with Crippen LogP contribution in [-0.2, 0) is 0 Å². The van der Waals surface area contributed by atoms with Gasteiger partial charge >= 0.3 is 0 Å². The van der Waals surface area contributed by atoms with Crippen LogP contribution in [0.5, 0.6) is 0 Å². The van der Waals surface area contributed by atoms with Gasteiger partial charge in [0.1, 0.15) is 5.82 Å². The first-order valence-electron chi connectivity index (χ1n) is 7.14. The van der Waals surface area contributed by atoms with Crippen LogP contribution >= 0.6 is 0 Å². The third-order valence-electron chi connectivity index (χ3n) is 3.43. The molecule has 21 heavy (non-hydrogen) atoms. The van der Waals surface area contributed by atoms with Crippen LogP contribution in [-0.4, -0.2) is 21.5 Å². The lowest BCUT2D eigenvalue weighted by atomic mass is 10.0. The molecule has 0 aliphatic heterocycles. The molecule has 3 aromatic rings. The van der Waals surface area contributed by atoms with Gasteiger partial charge in [-0.05, 0) is 36.7 Å². The van der Waals surface area contributed by atoms with E-state index >= 15 is 0 Å². The quantitative estimate of drug-likeness (QED) is 0.797. The Bertz CT molecular complexity index is 737. The van der Waals surface area contributed by atoms with Gasteiger partial charge in [0.2, 0.25) is 0 Å². The molecule has 106 valence electrons. The smallest absolute Gasteiger partial charge is 0.149 e. The van der Waals surface area contributed by atoms with Crippen LogP contribution in [0.1, 0.15) is 29.9 Å². The zero-order chi connectivity index (χ0) is 14.7. The number of aryl methyl sites for hydroxylation is 1. The van der Waals surface area contributed by atoms with Gasteiger partial charge in [-0.3, -0.25) is 4.98 Å². The first-order chi connectivity index (χ1) is 10.3. The van der Waals surface area contributed by atoms with Crippen molar-refractivity contribution in [3.63, 3.8) is 0 Å². The molecule has 0 fully saturated rings. The number of nitrogens with zero attached hydrogens (tertiary/aromatic N) is 3. The van der Waals surface area contributed by atoms with E-state index in [4.69, 9.17) is 0 Å². The van der Waals surface area contributed by atoms with Crippen molar-refractivity contribution in [2.45, 2.75) is 19.9 Å². The normalized spacial score (nSPS) is 12.5. The molecule has 0 radical (unpaired) electrons. The summed E-state index contributed by atoms with van der Waals surface area (Å²) in [5, 5.41) is 4.59. The summed E-state index contributed by atoms with van der Waals surface area (Å²) in [4.78, 5) is 13.3. The summed E-state index contributed by atoms with van der Waals surface area (Å²) in [6.07, 6.45) is 5.52. The van der Waals surface area contributed by atoms with Crippen LogP contribution in [0.25, 0.3) is 10.9 Å². The minimum absolute atomic E-state index is 0.0120. The Labute approximate surface area is 124 Å². The van der Waals surface area contributed by atoms with Gasteiger partial charge in [-0.15, -0.1) is 0 Å². The fourth-order valence-corrected chi connectivity index (χ4v) is 2.38. The molecule has 3 rings (SSSR count). The largest absolute Gasteiger partial charge is 0.304 e. The monoisotopic (exact) mass is 278 g/mol. The molecule has 4 heteroatoms. The molecule has 1 N–H and O–H groups in total. The maximum atomic E-state index is 4.46. The van der Waals surface area contributed by atoms with Crippen LogP contribution in [0.3, 0.4) is 0 Å². The molecule has 0 saturated heterocycles. The van der Waals surface area contributed by atoms with Crippen LogP contribution < -0.4 is 5.32 Å². The molecule has 0 spiro atoms. The molecule has 2 aromatic heterocycles. The van der Waals surface area contributed by atoms with E-state index in [9.17, 15) is 0 Å². The Morgan fingerprint density at radius 1 is 1.10 bits per heavy atom. The average molecular weight is 278 g/mol. The molecule has 0 saturated carbocycles. The lowest BCUT2D eigenvalue weighted by molar-refractivity contribution is 0.597. The van der Waals surface area contributed by atoms with E-state index in [1.54, 1.807) is 0 Å². The second-order valence-corrected chi connectivity index (χ2v) is 5.06. The fraction of sp³-hybridized carbons (Fsp3) is 0.235. The minimum atomic E-state index is -0.0120. The summed E-state index contributed by atoms with van der Waals surface area (Å²) < 4.78 is 0. The zero-order valence-electron chi connectivity index (χ0n) is 12.2. The molecule has 0 bridgehead atoms. The van der Waals surface area contributed by atoms with Gasteiger partial charge in [-0.2, -0.15) is 0 Å². The highest BCUT2D eigenvalue weighted by Crippen LogP contribution is 2.22. The highest BCUT2D eigenvalue weighted by atomic mass is 15.0. The fourth-order valence-electron chi connectivity index (χ4n) is 2.38. The first kappa shape index (κ1) is 13.6. The number of hydrogen-bond acceptors (Lipinski definition) is 4. The summed E-state index contributed by atoms with van der Waals surface area (Å²) in [7, 11) is 0. The summed E-state index contributed by atoms with van der Waals surface area (Å²) in [5.41, 5.74) is 3.19. The van der Waals surface area contributed by atoms with Crippen LogP contribution in [0, 0.1) is 6.92 Å². The Kier molecular flexibility index (Phi) is 3.88. The maximum absolute atomic E-state index is 4.46. The highest BCUT2D eigenvalue weighted by molar-refractivity contribution is 5.79. The van der Waals surface area contributed by atoms with Gasteiger partial charge < -0.3 is 5.32 Å². The second kappa shape index (κ2) is 5.97. The topological polar surface area (TPSA) is 50.7 Å². The summed E-state index contributed by atoms with van der Waals surface area (Å²) >= 11 is 0. The summed E-state index contributed by atoms with van der Waals surface area (Å²) in [6, 6.07) is 10.3. The van der Waals surface area contributed by atoms with Crippen molar-refractivity contribution < 1.29 is 0 Å². The summed E-state index contributed by atoms with van der Waals surface area (Å²) in [6.45, 7) is 4.93. The molecule has 4 nitrogen and oxygen atoms in total. The summed E-state index contributed by atoms with van der Waals surface area (Å²) in [5.74, 6) is 0.790. The van der Waals surface area contributed by atoms with E-state index in [1.165, 1.54) is 0 Å². The number of hydrogen-bond donors (Lipinski definition) is 1. The average Bonchev–Trinajstić information content (AvgIpc) is 2.53. The van der Waals surface area contributed by atoms with Crippen molar-refractivity contribution in [1.29, 1.82) is 0 Å². The number of aromatic nitrogens is 3. The minimum Gasteiger partial charge on any atom is -0.304 e. The second-order valence-electron chi connectivity index (χ2n) is 5.06. The van der Waals surface area contributed by atoms with E-state index in [1.807, 2.05) is 31.6 Å². The van der Waals surface area contributed by atoms with E-state index < -0.39 is 0 Å². The van der Waals surface area contributed by atoms with Gasteiger partial charge in [0, 0.05) is 24.0 Å². The first-order valence-corrected chi connectivity index (χ1v) is 7.14. The molecule has 0 aliphatic rings. The molecule has 0 aliphatic carbocycles. The number of pyridine rings is 1. The van der Waals surface area contributed by atoms with Gasteiger partial charge in [0.25, 0.3) is 0 Å². The van der Waals surface area contributed by atoms with Crippen molar-refractivity contribution in [1.82, 2.24) is 20.3 Å². The zero-order valence-corrected chi connectivity index (χ0v) is 12.2. The molecule has 2 heterocycles. The van der Waals surface area contributed by atoms with Crippen LogP contribution in [0.2, 0.25) is 0 Å². The van der Waals surface area contributed by atoms with E-state index in [2.05, 4.69) is 51.5 Å². The van der Waals surface area contributed by atoms with Crippen molar-refractivity contribution in [3.8, 4) is 0 Å². The van der Waals surface area contributed by atoms with Crippen molar-refractivity contribution in [3.05, 3.63) is 65.9 Å². The van der Waals surface area contributed by atoms with Crippen LogP contribution in [0.15, 0.2) is 48.9 Å². The predicted octanol–water partition coefficient (Wildman–Crippen LogP) is 3.03. The third-order valence-corrected chi connectivity index (χ3v) is 3.43. The van der Waals surface area contributed by atoms with Gasteiger partial charge in [-0.1, -0.05) is 25.1 Å². The molecular formula is C17H18N4. The molecule has 1 atom stereocenters. The van der Waals surface area contributed by atoms with E-state index in [0.717, 1.165) is 34.4 Å². The van der Waals surface area contributed by atoms with E-state index in [0.29, 0.717) is 0 Å². The number of nitrogens with one attached hydrogen (secondary N) is 1. The Morgan fingerprint density at radius 3 is 2.67 bits per heavy atom. The van der Waals surface area contributed by atoms with E-state index in [-0.39, 0.29) is 6.04 Å². The van der Waals surface area contributed by atoms with Gasteiger partial charge in [0.15, 0.2) is 0 Å². The molecule has 0 amide bonds. The highest BCUT2D eigenvalue weighted by Gasteiger charge is 2.16. The number of rotatable bonds is 4. The number of benzene rings is 1. The van der Waals surface area contributed by atoms with Crippen LogP contribution in [0.4, 0.5) is 0 Å². The number of fused-ring (bicyclic) bond motifs is 1. The Morgan fingerprint density at radius 2 is 1.90 bits per heavy atom. The van der Waals surface area contributed by atoms with Crippen molar-refractivity contribution >= 4 is 10.9 Å². The van der Waals surface area contributed by atoms with Crippen molar-refractivity contribution in [2.75, 3.05) is 6.54 Å². The third kappa shape index (κ3) is 2.90. The molecular weight excluding hydrogens is 260 g/mol. The maximum Gasteiger partial charge on any atom is 0.149 e. The standard InChI is InChI=1S/C17H18N4/c1-3-18-16(17-20-10-12(2)11-21-17)14-7-6-13-5-4-8-19-15(13)9-14/h4-11,16,18H,3H2,1-2H3. The van der Waals surface area contributed by atoms with Crippen molar-refractivity contribution in [2.24, 2.45) is 0 Å². The molecule has 1 aromatic carbocycles. The SMILES string of the molecule is CCNC(c1ccc2cccnc2c1)c1ncc(C)cn1. The van der Waals surface area contributed by atoms with Gasteiger partial charge in [0.05, 0.1) is 11.6 Å². The Hall–Kier alpha value is -2.33. The lowest BCUT2D eigenvalue weighted by Crippen LogP contribution is -2.24. The predicted molar refractivity (Wildman–Crippen MR) is 84.0 cm³/mol. The Balaban J connectivity index is 2.04. The van der Waals surface area contributed by atoms with Gasteiger partial charge in [-0.25, -0.2) is 9.97 Å².